The maximum atomic E-state index is 10.9. The quantitative estimate of drug-likeness (QED) is 0.723. The summed E-state index contributed by atoms with van der Waals surface area (Å²) in [4.78, 5) is 10.9. The van der Waals surface area contributed by atoms with Gasteiger partial charge < -0.3 is 16.2 Å². The lowest BCUT2D eigenvalue weighted by Crippen LogP contribution is -2.01. The van der Waals surface area contributed by atoms with Crippen LogP contribution in [0.3, 0.4) is 0 Å². The second-order valence-electron chi connectivity index (χ2n) is 4.10. The Kier molecular flexibility index (Phi) is 3.19. The Balaban J connectivity index is 2.30. The highest BCUT2D eigenvalue weighted by atomic mass is 16.4. The minimum atomic E-state index is -0.970. The molecule has 0 saturated carbocycles. The van der Waals surface area contributed by atoms with Gasteiger partial charge in [0.15, 0.2) is 0 Å². The van der Waals surface area contributed by atoms with Crippen molar-refractivity contribution in [3.05, 3.63) is 53.6 Å². The van der Waals surface area contributed by atoms with Crippen molar-refractivity contribution >= 4 is 23.0 Å². The number of carboxylic acid groups (broad SMARTS) is 1. The Bertz CT molecular complexity index is 577. The van der Waals surface area contributed by atoms with Crippen molar-refractivity contribution in [2.24, 2.45) is 0 Å². The van der Waals surface area contributed by atoms with E-state index in [0.29, 0.717) is 11.4 Å². The molecular formula is C14H14N2O2. The van der Waals surface area contributed by atoms with E-state index in [1.807, 2.05) is 31.2 Å². The number of hydrogen-bond acceptors (Lipinski definition) is 3. The molecule has 2 aromatic carbocycles. The molecule has 0 fully saturated rings. The fourth-order valence-electron chi connectivity index (χ4n) is 1.59. The fraction of sp³-hybridized carbons (Fsp3) is 0.0714. The summed E-state index contributed by atoms with van der Waals surface area (Å²) in [5, 5.41) is 12.0. The van der Waals surface area contributed by atoms with Crippen LogP contribution in [0.2, 0.25) is 0 Å². The molecule has 0 aliphatic carbocycles. The summed E-state index contributed by atoms with van der Waals surface area (Å²) in [5.74, 6) is -0.970. The molecule has 0 radical (unpaired) electrons. The van der Waals surface area contributed by atoms with Gasteiger partial charge >= 0.3 is 5.97 Å². The zero-order valence-electron chi connectivity index (χ0n) is 9.97. The van der Waals surface area contributed by atoms with Crippen LogP contribution < -0.4 is 11.1 Å². The molecule has 0 unspecified atom stereocenters. The largest absolute Gasteiger partial charge is 0.478 e. The molecule has 0 aliphatic rings. The van der Waals surface area contributed by atoms with Crippen LogP contribution in [0.1, 0.15) is 15.9 Å². The first-order valence-corrected chi connectivity index (χ1v) is 5.53. The number of nitrogens with two attached hydrogens (primary N) is 1. The molecule has 2 rings (SSSR count). The molecule has 4 nitrogen and oxygen atoms in total. The first kappa shape index (κ1) is 12.0. The third-order valence-electron chi connectivity index (χ3n) is 2.63. The predicted octanol–water partition coefficient (Wildman–Crippen LogP) is 3.02. The third kappa shape index (κ3) is 2.60. The molecule has 0 atom stereocenters. The summed E-state index contributed by atoms with van der Waals surface area (Å²) in [6.45, 7) is 2.00. The van der Waals surface area contributed by atoms with E-state index in [4.69, 9.17) is 10.8 Å². The minimum Gasteiger partial charge on any atom is -0.478 e. The maximum Gasteiger partial charge on any atom is 0.335 e. The second kappa shape index (κ2) is 4.79. The van der Waals surface area contributed by atoms with Gasteiger partial charge in [-0.1, -0.05) is 17.7 Å². The molecule has 4 N–H and O–H groups in total. The lowest BCUT2D eigenvalue weighted by molar-refractivity contribution is 0.0697. The van der Waals surface area contributed by atoms with Crippen molar-refractivity contribution in [3.63, 3.8) is 0 Å². The van der Waals surface area contributed by atoms with Crippen LogP contribution in [0.4, 0.5) is 17.1 Å². The highest BCUT2D eigenvalue weighted by molar-refractivity contribution is 5.91. The van der Waals surface area contributed by atoms with Crippen LogP contribution in [-0.4, -0.2) is 11.1 Å². The van der Waals surface area contributed by atoms with Crippen molar-refractivity contribution in [2.75, 3.05) is 11.1 Å². The first-order valence-electron chi connectivity index (χ1n) is 5.53. The van der Waals surface area contributed by atoms with E-state index in [1.165, 1.54) is 12.1 Å². The molecule has 0 saturated heterocycles. The second-order valence-corrected chi connectivity index (χ2v) is 4.10. The molecule has 0 heterocycles. The van der Waals surface area contributed by atoms with Gasteiger partial charge in [-0.05, 0) is 37.3 Å². The normalized spacial score (nSPS) is 10.1. The molecule has 0 bridgehead atoms. The van der Waals surface area contributed by atoms with E-state index in [1.54, 1.807) is 6.07 Å². The van der Waals surface area contributed by atoms with Crippen molar-refractivity contribution in [3.8, 4) is 0 Å². The average Bonchev–Trinajstić information content (AvgIpc) is 2.34. The van der Waals surface area contributed by atoms with Gasteiger partial charge in [-0.3, -0.25) is 0 Å². The topological polar surface area (TPSA) is 75.3 Å². The first-order chi connectivity index (χ1) is 8.56. The minimum absolute atomic E-state index is 0.207. The summed E-state index contributed by atoms with van der Waals surface area (Å²) in [7, 11) is 0. The lowest BCUT2D eigenvalue weighted by Gasteiger charge is -2.10. The number of aromatic carboxylic acids is 1. The summed E-state index contributed by atoms with van der Waals surface area (Å²) < 4.78 is 0. The number of benzene rings is 2. The van der Waals surface area contributed by atoms with Crippen molar-refractivity contribution < 1.29 is 9.90 Å². The Labute approximate surface area is 105 Å². The Hall–Kier alpha value is -2.49. The summed E-state index contributed by atoms with van der Waals surface area (Å²) >= 11 is 0. The molecule has 0 amide bonds. The Morgan fingerprint density at radius 1 is 1.17 bits per heavy atom. The molecule has 2 aromatic rings. The summed E-state index contributed by atoms with van der Waals surface area (Å²) in [5.41, 5.74) is 9.16. The van der Waals surface area contributed by atoms with E-state index < -0.39 is 5.97 Å². The zero-order chi connectivity index (χ0) is 13.1. The van der Waals surface area contributed by atoms with Crippen LogP contribution in [0.5, 0.6) is 0 Å². The Morgan fingerprint density at radius 2 is 1.83 bits per heavy atom. The molecule has 92 valence electrons. The molecular weight excluding hydrogens is 228 g/mol. The molecule has 18 heavy (non-hydrogen) atoms. The molecule has 4 heteroatoms. The van der Waals surface area contributed by atoms with Crippen LogP contribution >= 0.6 is 0 Å². The molecule has 0 spiro atoms. The van der Waals surface area contributed by atoms with Gasteiger partial charge in [-0.25, -0.2) is 4.79 Å². The van der Waals surface area contributed by atoms with Crippen LogP contribution in [0.15, 0.2) is 42.5 Å². The van der Waals surface area contributed by atoms with Crippen molar-refractivity contribution in [1.82, 2.24) is 0 Å². The highest BCUT2D eigenvalue weighted by Gasteiger charge is 2.06. The number of carbonyl (C=O) groups is 1. The summed E-state index contributed by atoms with van der Waals surface area (Å²) in [6.07, 6.45) is 0. The average molecular weight is 242 g/mol. The SMILES string of the molecule is Cc1ccc(Nc2cc(C(=O)O)ccc2N)cc1. The number of hydrogen-bond donors (Lipinski definition) is 3. The van der Waals surface area contributed by atoms with Gasteiger partial charge in [0.25, 0.3) is 0 Å². The number of aryl methyl sites for hydroxylation is 1. The van der Waals surface area contributed by atoms with E-state index in [-0.39, 0.29) is 5.56 Å². The van der Waals surface area contributed by atoms with E-state index in [0.717, 1.165) is 11.3 Å². The van der Waals surface area contributed by atoms with Gasteiger partial charge in [-0.15, -0.1) is 0 Å². The van der Waals surface area contributed by atoms with E-state index in [9.17, 15) is 4.79 Å². The monoisotopic (exact) mass is 242 g/mol. The number of nitrogens with one attached hydrogen (secondary N) is 1. The van der Waals surface area contributed by atoms with Gasteiger partial charge in [0.05, 0.1) is 16.9 Å². The standard InChI is InChI=1S/C14H14N2O2/c1-9-2-5-11(6-3-9)16-13-8-10(14(17)18)4-7-12(13)15/h2-8,16H,15H2,1H3,(H,17,18). The predicted molar refractivity (Wildman–Crippen MR) is 72.3 cm³/mol. The fourth-order valence-corrected chi connectivity index (χ4v) is 1.59. The summed E-state index contributed by atoms with van der Waals surface area (Å²) in [6, 6.07) is 12.4. The number of rotatable bonds is 3. The number of nitrogen functional groups attached to an aromatic ring is 1. The molecule has 0 aliphatic heterocycles. The Morgan fingerprint density at radius 3 is 2.44 bits per heavy atom. The number of anilines is 3. The van der Waals surface area contributed by atoms with Gasteiger partial charge in [0, 0.05) is 5.69 Å². The number of carboxylic acids is 1. The lowest BCUT2D eigenvalue weighted by atomic mass is 10.1. The zero-order valence-corrected chi connectivity index (χ0v) is 9.97. The third-order valence-corrected chi connectivity index (χ3v) is 2.63. The van der Waals surface area contributed by atoms with Gasteiger partial charge in [0.1, 0.15) is 0 Å². The van der Waals surface area contributed by atoms with Gasteiger partial charge in [-0.2, -0.15) is 0 Å². The maximum absolute atomic E-state index is 10.9. The van der Waals surface area contributed by atoms with Crippen LogP contribution in [-0.2, 0) is 0 Å². The molecule has 0 aromatic heterocycles. The highest BCUT2D eigenvalue weighted by Crippen LogP contribution is 2.24. The van der Waals surface area contributed by atoms with E-state index in [2.05, 4.69) is 5.32 Å². The van der Waals surface area contributed by atoms with Crippen LogP contribution in [0, 0.1) is 6.92 Å². The van der Waals surface area contributed by atoms with E-state index >= 15 is 0 Å². The van der Waals surface area contributed by atoms with Crippen molar-refractivity contribution in [2.45, 2.75) is 6.92 Å². The van der Waals surface area contributed by atoms with Crippen molar-refractivity contribution in [1.29, 1.82) is 0 Å². The van der Waals surface area contributed by atoms with Crippen LogP contribution in [0.25, 0.3) is 0 Å². The smallest absolute Gasteiger partial charge is 0.335 e. The van der Waals surface area contributed by atoms with Gasteiger partial charge in [0.2, 0.25) is 0 Å².